The van der Waals surface area contributed by atoms with Crippen LogP contribution in [0.4, 0.5) is 21.9 Å². The van der Waals surface area contributed by atoms with E-state index in [2.05, 4.69) is 38.3 Å². The summed E-state index contributed by atoms with van der Waals surface area (Å²) in [4.78, 5) is 24.7. The van der Waals surface area contributed by atoms with Crippen LogP contribution in [0.2, 0.25) is 10.0 Å². The minimum Gasteiger partial charge on any atom is -0.368 e. The van der Waals surface area contributed by atoms with E-state index in [0.717, 1.165) is 48.2 Å². The van der Waals surface area contributed by atoms with Crippen LogP contribution in [-0.4, -0.2) is 54.7 Å². The largest absolute Gasteiger partial charge is 0.368 e. The van der Waals surface area contributed by atoms with Crippen LogP contribution in [0.1, 0.15) is 18.4 Å². The lowest BCUT2D eigenvalue weighted by molar-refractivity contribution is 0.231. The van der Waals surface area contributed by atoms with Gasteiger partial charge in [-0.2, -0.15) is 0 Å². The maximum atomic E-state index is 13.1. The summed E-state index contributed by atoms with van der Waals surface area (Å²) in [7, 11) is 0. The number of benzene rings is 2. The molecule has 3 aromatic rings. The molecular weight excluding hydrogens is 457 g/mol. The van der Waals surface area contributed by atoms with E-state index in [1.165, 1.54) is 25.1 Å². The van der Waals surface area contributed by atoms with E-state index in [4.69, 9.17) is 23.2 Å². The summed E-state index contributed by atoms with van der Waals surface area (Å²) in [6.45, 7) is 5.05. The molecule has 1 atom stereocenters. The number of hydrogen-bond acceptors (Lipinski definition) is 4. The van der Waals surface area contributed by atoms with Crippen molar-refractivity contribution in [3.63, 3.8) is 0 Å². The number of nitrogens with one attached hydrogen (secondary N) is 1. The van der Waals surface area contributed by atoms with E-state index in [9.17, 15) is 4.79 Å². The molecule has 0 bridgehead atoms. The Morgan fingerprint density at radius 3 is 2.79 bits per heavy atom. The van der Waals surface area contributed by atoms with Crippen LogP contribution in [0.3, 0.4) is 0 Å². The summed E-state index contributed by atoms with van der Waals surface area (Å²) in [5.41, 5.74) is 4.93. The number of fused-ring (bicyclic) bond motifs is 3. The molecule has 3 aliphatic heterocycles. The molecule has 1 N–H and O–H groups in total. The highest BCUT2D eigenvalue weighted by molar-refractivity contribution is 6.42. The number of rotatable bonds is 2. The first-order valence-corrected chi connectivity index (χ1v) is 12.3. The molecule has 2 fully saturated rings. The van der Waals surface area contributed by atoms with E-state index < -0.39 is 0 Å². The van der Waals surface area contributed by atoms with Crippen molar-refractivity contribution in [2.45, 2.75) is 25.3 Å². The number of carbonyl (C=O) groups is 1. The molecule has 0 saturated carbocycles. The monoisotopic (exact) mass is 481 g/mol. The molecule has 2 aromatic carbocycles. The maximum Gasteiger partial charge on any atom is 0.326 e. The lowest BCUT2D eigenvalue weighted by Crippen LogP contribution is -2.50. The third kappa shape index (κ3) is 3.80. The molecule has 170 valence electrons. The van der Waals surface area contributed by atoms with E-state index in [-0.39, 0.29) is 6.03 Å². The number of hydrogen-bond donors (Lipinski definition) is 1. The average molecular weight is 482 g/mol. The molecule has 33 heavy (non-hydrogen) atoms. The van der Waals surface area contributed by atoms with Gasteiger partial charge >= 0.3 is 6.03 Å². The van der Waals surface area contributed by atoms with Crippen molar-refractivity contribution in [1.29, 1.82) is 0 Å². The van der Waals surface area contributed by atoms with Crippen molar-refractivity contribution in [2.24, 2.45) is 0 Å². The SMILES string of the molecule is O=C(Nc1ccc(Cl)c(Cl)c1)N1CCc2cc3nccc(N4CCN5CCC[C@H]5C4)c3cc21. The topological polar surface area (TPSA) is 51.7 Å². The standard InChI is InChI=1S/C25H25Cl2N5O/c26-20-4-3-17(13-21(20)27)29-25(33)32-9-6-16-12-22-19(14-24(16)32)23(5-7-28-22)31-11-10-30-8-1-2-18(30)15-31/h3-5,7,12-14,18H,1-2,6,8-11,15H2,(H,29,33)/t18-/m0/s1. The van der Waals surface area contributed by atoms with Gasteiger partial charge < -0.3 is 10.2 Å². The highest BCUT2D eigenvalue weighted by Crippen LogP contribution is 2.37. The molecule has 8 heteroatoms. The van der Waals surface area contributed by atoms with Crippen LogP contribution in [0.5, 0.6) is 0 Å². The number of pyridine rings is 1. The van der Waals surface area contributed by atoms with Crippen molar-refractivity contribution < 1.29 is 4.79 Å². The summed E-state index contributed by atoms with van der Waals surface area (Å²) in [5.74, 6) is 0. The van der Waals surface area contributed by atoms with Crippen LogP contribution in [0.25, 0.3) is 10.9 Å². The van der Waals surface area contributed by atoms with Crippen molar-refractivity contribution in [3.8, 4) is 0 Å². The Kier molecular flexibility index (Phi) is 5.32. The molecule has 0 radical (unpaired) electrons. The first-order valence-electron chi connectivity index (χ1n) is 11.5. The van der Waals surface area contributed by atoms with Gasteiger partial charge in [0.05, 0.1) is 15.6 Å². The third-order valence-corrected chi connectivity index (χ3v) is 7.90. The normalized spacial score (nSPS) is 20.2. The summed E-state index contributed by atoms with van der Waals surface area (Å²) < 4.78 is 0. The number of amides is 2. The Bertz CT molecular complexity index is 1250. The number of carbonyl (C=O) groups excluding carboxylic acids is 1. The first kappa shape index (κ1) is 21.0. The highest BCUT2D eigenvalue weighted by atomic mass is 35.5. The molecule has 2 saturated heterocycles. The Morgan fingerprint density at radius 1 is 1.00 bits per heavy atom. The van der Waals surface area contributed by atoms with Gasteiger partial charge in [0.25, 0.3) is 0 Å². The second-order valence-electron chi connectivity index (χ2n) is 9.07. The van der Waals surface area contributed by atoms with Gasteiger partial charge in [0.1, 0.15) is 0 Å². The lowest BCUT2D eigenvalue weighted by atomic mass is 10.1. The number of halogens is 2. The first-order chi connectivity index (χ1) is 16.1. The van der Waals surface area contributed by atoms with Gasteiger partial charge in [-0.3, -0.25) is 14.8 Å². The van der Waals surface area contributed by atoms with Gasteiger partial charge in [-0.1, -0.05) is 23.2 Å². The van der Waals surface area contributed by atoms with Gasteiger partial charge in [-0.05, 0) is 67.8 Å². The minimum absolute atomic E-state index is 0.170. The van der Waals surface area contributed by atoms with Crippen LogP contribution in [0, 0.1) is 0 Å². The Hall–Kier alpha value is -2.54. The number of nitrogens with zero attached hydrogens (tertiary/aromatic N) is 4. The highest BCUT2D eigenvalue weighted by Gasteiger charge is 2.32. The lowest BCUT2D eigenvalue weighted by Gasteiger charge is -2.39. The number of urea groups is 1. The summed E-state index contributed by atoms with van der Waals surface area (Å²) in [5, 5.41) is 4.95. The Morgan fingerprint density at radius 2 is 1.91 bits per heavy atom. The zero-order valence-corrected chi connectivity index (χ0v) is 19.7. The molecule has 1 aromatic heterocycles. The average Bonchev–Trinajstić information content (AvgIpc) is 3.45. The van der Waals surface area contributed by atoms with Gasteiger partial charge in [0.15, 0.2) is 0 Å². The molecule has 4 heterocycles. The zero-order valence-electron chi connectivity index (χ0n) is 18.2. The van der Waals surface area contributed by atoms with E-state index in [1.807, 2.05) is 11.1 Å². The minimum atomic E-state index is -0.170. The van der Waals surface area contributed by atoms with E-state index in [0.29, 0.717) is 28.3 Å². The quantitative estimate of drug-likeness (QED) is 0.530. The zero-order chi connectivity index (χ0) is 22.5. The Balaban J connectivity index is 1.31. The second kappa shape index (κ2) is 8.35. The molecule has 2 amide bonds. The number of piperazine rings is 1. The predicted octanol–water partition coefficient (Wildman–Crippen LogP) is 5.42. The maximum absolute atomic E-state index is 13.1. The molecule has 6 nitrogen and oxygen atoms in total. The molecule has 0 unspecified atom stereocenters. The van der Waals surface area contributed by atoms with Crippen LogP contribution >= 0.6 is 23.2 Å². The summed E-state index contributed by atoms with van der Waals surface area (Å²) >= 11 is 12.1. The van der Waals surface area contributed by atoms with E-state index >= 15 is 0 Å². The van der Waals surface area contributed by atoms with E-state index in [1.54, 1.807) is 18.2 Å². The molecule has 0 aliphatic carbocycles. The van der Waals surface area contributed by atoms with Gasteiger partial charge in [0.2, 0.25) is 0 Å². The number of anilines is 3. The van der Waals surface area contributed by atoms with Crippen molar-refractivity contribution >= 4 is 57.2 Å². The Labute approximate surface area is 203 Å². The molecular formula is C25H25Cl2N5O. The van der Waals surface area contributed by atoms with Gasteiger partial charge in [0, 0.05) is 60.9 Å². The van der Waals surface area contributed by atoms with Crippen molar-refractivity contribution in [1.82, 2.24) is 9.88 Å². The second-order valence-corrected chi connectivity index (χ2v) is 9.88. The summed E-state index contributed by atoms with van der Waals surface area (Å²) in [6.07, 6.45) is 5.30. The fourth-order valence-electron chi connectivity index (χ4n) is 5.48. The van der Waals surface area contributed by atoms with Gasteiger partial charge in [-0.25, -0.2) is 4.79 Å². The fourth-order valence-corrected chi connectivity index (χ4v) is 5.77. The molecule has 3 aliphatic rings. The molecule has 6 rings (SSSR count). The fraction of sp³-hybridized carbons (Fsp3) is 0.360. The van der Waals surface area contributed by atoms with Crippen molar-refractivity contribution in [2.75, 3.05) is 47.8 Å². The molecule has 0 spiro atoms. The van der Waals surface area contributed by atoms with Crippen LogP contribution < -0.4 is 15.1 Å². The number of aromatic nitrogens is 1. The summed E-state index contributed by atoms with van der Waals surface area (Å²) in [6, 6.07) is 12.0. The van der Waals surface area contributed by atoms with Crippen LogP contribution in [0.15, 0.2) is 42.6 Å². The van der Waals surface area contributed by atoms with Crippen molar-refractivity contribution in [3.05, 3.63) is 58.2 Å². The predicted molar refractivity (Wildman–Crippen MR) is 135 cm³/mol. The third-order valence-electron chi connectivity index (χ3n) is 7.16. The smallest absolute Gasteiger partial charge is 0.326 e. The van der Waals surface area contributed by atoms with Gasteiger partial charge in [-0.15, -0.1) is 0 Å². The van der Waals surface area contributed by atoms with Crippen LogP contribution in [-0.2, 0) is 6.42 Å².